The summed E-state index contributed by atoms with van der Waals surface area (Å²) < 4.78 is 20.1. The Morgan fingerprint density at radius 2 is 2.29 bits per heavy atom. The quantitative estimate of drug-likeness (QED) is 0.616. The first-order valence-corrected chi connectivity index (χ1v) is 9.92. The van der Waals surface area contributed by atoms with Gasteiger partial charge in [-0.25, -0.2) is 14.4 Å². The molecule has 0 spiro atoms. The highest BCUT2D eigenvalue weighted by Gasteiger charge is 2.39. The highest BCUT2D eigenvalue weighted by molar-refractivity contribution is 6.33. The summed E-state index contributed by atoms with van der Waals surface area (Å²) in [4.78, 5) is 17.5. The first-order valence-electron chi connectivity index (χ1n) is 9.54. The fraction of sp³-hybridized carbons (Fsp3) is 0.182. The Kier molecular flexibility index (Phi) is 5.67. The Balaban J connectivity index is 1.95. The molecule has 1 aromatic carbocycles. The number of nitrogens with zero attached hydrogens (tertiary/aromatic N) is 2. The van der Waals surface area contributed by atoms with Crippen LogP contribution in [0.25, 0.3) is 0 Å². The first kappa shape index (κ1) is 20.9. The number of hydrogen-bond acceptors (Lipinski definition) is 6. The Bertz CT molecular complexity index is 1120. The number of halogens is 2. The van der Waals surface area contributed by atoms with E-state index in [4.69, 9.17) is 16.3 Å². The summed E-state index contributed by atoms with van der Waals surface area (Å²) in [5, 5.41) is 16.6. The van der Waals surface area contributed by atoms with Crippen molar-refractivity contribution in [1.82, 2.24) is 15.7 Å². The van der Waals surface area contributed by atoms with Gasteiger partial charge in [-0.15, -0.1) is 6.58 Å². The molecule has 4 rings (SSSR count). The molecule has 3 aliphatic rings. The van der Waals surface area contributed by atoms with E-state index < -0.39 is 5.83 Å². The molecular weight excluding hydrogens is 423 g/mol. The summed E-state index contributed by atoms with van der Waals surface area (Å²) in [6.07, 6.45) is 6.01. The van der Waals surface area contributed by atoms with Crippen molar-refractivity contribution >= 4 is 28.9 Å². The van der Waals surface area contributed by atoms with E-state index in [9.17, 15) is 14.4 Å². The van der Waals surface area contributed by atoms with Gasteiger partial charge >= 0.3 is 0 Å². The molecule has 0 aliphatic carbocycles. The number of amides is 1. The monoisotopic (exact) mass is 442 g/mol. The molecule has 0 saturated carbocycles. The minimum atomic E-state index is -0.682. The third kappa shape index (κ3) is 3.75. The molecule has 0 aromatic heterocycles. The third-order valence-corrected chi connectivity index (χ3v) is 5.44. The number of carbonyl (C=O) groups excluding carboxylic acids is 1. The van der Waals surface area contributed by atoms with E-state index >= 15 is 0 Å². The van der Waals surface area contributed by atoms with Gasteiger partial charge in [0.05, 0.1) is 29.6 Å². The summed E-state index contributed by atoms with van der Waals surface area (Å²) >= 11 is 6.23. The molecule has 0 saturated heterocycles. The number of nitrogens with one attached hydrogen (secondary N) is 2. The Hall–Kier alpha value is -3.36. The van der Waals surface area contributed by atoms with Crippen LogP contribution >= 0.6 is 11.6 Å². The van der Waals surface area contributed by atoms with E-state index in [1.165, 1.54) is 19.4 Å². The van der Waals surface area contributed by atoms with E-state index in [1.807, 2.05) is 0 Å². The zero-order chi connectivity index (χ0) is 22.1. The molecule has 0 unspecified atom stereocenters. The Labute approximate surface area is 183 Å². The van der Waals surface area contributed by atoms with Crippen molar-refractivity contribution in [1.29, 1.82) is 0 Å². The zero-order valence-electron chi connectivity index (χ0n) is 16.7. The van der Waals surface area contributed by atoms with Crippen molar-refractivity contribution in [3.05, 3.63) is 82.7 Å². The summed E-state index contributed by atoms with van der Waals surface area (Å²) in [7, 11) is 1.47. The molecule has 160 valence electrons. The van der Waals surface area contributed by atoms with Gasteiger partial charge in [-0.3, -0.25) is 10.0 Å². The standard InChI is InChI=1S/C22H20ClFN4O3/c1-3-5-12-10-25-22(29)17-18(12)27-19(13-8-9-28(30)11-15(13)24)20(17)26-16-7-4-6-14(23)21(16)31-2/h3-4,6-9,11-12,27,30H,1,5,10H2,2H3,(H,25,29)/b19-13+,26-20?/t12-/m0/s1. The maximum absolute atomic E-state index is 14.8. The average molecular weight is 443 g/mol. The third-order valence-electron chi connectivity index (χ3n) is 5.15. The van der Waals surface area contributed by atoms with Gasteiger partial charge in [0.25, 0.3) is 5.91 Å². The number of ether oxygens (including phenoxy) is 1. The molecule has 31 heavy (non-hydrogen) atoms. The molecule has 1 atom stereocenters. The summed E-state index contributed by atoms with van der Waals surface area (Å²) in [6, 6.07) is 5.07. The predicted molar refractivity (Wildman–Crippen MR) is 116 cm³/mol. The van der Waals surface area contributed by atoms with Crippen molar-refractivity contribution in [2.45, 2.75) is 6.42 Å². The highest BCUT2D eigenvalue weighted by Crippen LogP contribution is 2.39. The number of hydroxylamine groups is 2. The normalized spacial score (nSPS) is 24.1. The molecule has 0 fully saturated rings. The highest BCUT2D eigenvalue weighted by atomic mass is 35.5. The molecule has 3 aliphatic heterocycles. The largest absolute Gasteiger partial charge is 0.493 e. The number of benzene rings is 1. The molecule has 9 heteroatoms. The molecule has 3 heterocycles. The lowest BCUT2D eigenvalue weighted by atomic mass is 9.93. The van der Waals surface area contributed by atoms with Crippen molar-refractivity contribution in [3.8, 4) is 5.75 Å². The summed E-state index contributed by atoms with van der Waals surface area (Å²) in [5.41, 5.74) is 2.11. The SMILES string of the molecule is C=CC[C@H]1CNC(=O)C2=C1N/C(=C1\C=CN(O)C=C1F)C2=Nc1cccc(Cl)c1OC. The van der Waals surface area contributed by atoms with Crippen molar-refractivity contribution < 1.29 is 19.1 Å². The Morgan fingerprint density at radius 3 is 3.00 bits per heavy atom. The number of rotatable bonds is 4. The van der Waals surface area contributed by atoms with Crippen LogP contribution in [-0.2, 0) is 4.79 Å². The number of allylic oxidation sites excluding steroid dienone is 5. The van der Waals surface area contributed by atoms with Crippen LogP contribution in [0, 0.1) is 5.92 Å². The molecule has 7 nitrogen and oxygen atoms in total. The molecule has 0 bridgehead atoms. The maximum atomic E-state index is 14.8. The molecular formula is C22H20ClFN4O3. The van der Waals surface area contributed by atoms with Crippen LogP contribution in [0.4, 0.5) is 10.1 Å². The summed E-state index contributed by atoms with van der Waals surface area (Å²) in [5.74, 6) is -0.723. The van der Waals surface area contributed by atoms with Gasteiger partial charge in [0.15, 0.2) is 11.6 Å². The smallest absolute Gasteiger partial charge is 0.255 e. The fourth-order valence-corrected chi connectivity index (χ4v) is 3.98. The van der Waals surface area contributed by atoms with Gasteiger partial charge in [0.1, 0.15) is 11.4 Å². The number of aliphatic imine (C=N–C) groups is 1. The lowest BCUT2D eigenvalue weighted by molar-refractivity contribution is -0.117. The van der Waals surface area contributed by atoms with Crippen molar-refractivity contribution in [2.75, 3.05) is 13.7 Å². The van der Waals surface area contributed by atoms with Gasteiger partial charge in [-0.05, 0) is 24.6 Å². The van der Waals surface area contributed by atoms with Gasteiger partial charge in [-0.2, -0.15) is 0 Å². The topological polar surface area (TPSA) is 86.2 Å². The van der Waals surface area contributed by atoms with E-state index in [1.54, 1.807) is 24.3 Å². The van der Waals surface area contributed by atoms with Gasteiger partial charge < -0.3 is 15.4 Å². The zero-order valence-corrected chi connectivity index (χ0v) is 17.4. The van der Waals surface area contributed by atoms with E-state index in [-0.39, 0.29) is 23.1 Å². The summed E-state index contributed by atoms with van der Waals surface area (Å²) in [6.45, 7) is 4.21. The van der Waals surface area contributed by atoms with Gasteiger partial charge in [-0.1, -0.05) is 23.7 Å². The van der Waals surface area contributed by atoms with Crippen molar-refractivity contribution in [3.63, 3.8) is 0 Å². The minimum absolute atomic E-state index is 0.0660. The lowest BCUT2D eigenvalue weighted by Crippen LogP contribution is -2.39. The van der Waals surface area contributed by atoms with Crippen LogP contribution < -0.4 is 15.4 Å². The number of methoxy groups -OCH3 is 1. The van der Waals surface area contributed by atoms with E-state index in [2.05, 4.69) is 22.2 Å². The minimum Gasteiger partial charge on any atom is -0.493 e. The second kappa shape index (κ2) is 8.41. The van der Waals surface area contributed by atoms with Gasteiger partial charge in [0, 0.05) is 29.9 Å². The molecule has 0 radical (unpaired) electrons. The average Bonchev–Trinajstić information content (AvgIpc) is 3.10. The first-order chi connectivity index (χ1) is 14.9. The van der Waals surface area contributed by atoms with Gasteiger partial charge in [0.2, 0.25) is 0 Å². The maximum Gasteiger partial charge on any atom is 0.255 e. The number of hydrogen-bond donors (Lipinski definition) is 3. The second-order valence-corrected chi connectivity index (χ2v) is 7.47. The van der Waals surface area contributed by atoms with Crippen LogP contribution in [0.1, 0.15) is 6.42 Å². The van der Waals surface area contributed by atoms with Crippen LogP contribution in [0.2, 0.25) is 5.02 Å². The van der Waals surface area contributed by atoms with Crippen LogP contribution in [0.3, 0.4) is 0 Å². The second-order valence-electron chi connectivity index (χ2n) is 7.06. The lowest BCUT2D eigenvalue weighted by Gasteiger charge is -2.23. The molecule has 1 amide bonds. The van der Waals surface area contributed by atoms with Crippen LogP contribution in [-0.4, -0.2) is 35.5 Å². The number of para-hydroxylation sites is 1. The van der Waals surface area contributed by atoms with Crippen LogP contribution in [0.5, 0.6) is 5.75 Å². The fourth-order valence-electron chi connectivity index (χ4n) is 3.73. The Morgan fingerprint density at radius 1 is 1.48 bits per heavy atom. The van der Waals surface area contributed by atoms with Crippen LogP contribution in [0.15, 0.2) is 82.7 Å². The van der Waals surface area contributed by atoms with E-state index in [0.717, 1.165) is 6.20 Å². The molecule has 1 aromatic rings. The van der Waals surface area contributed by atoms with Crippen molar-refractivity contribution in [2.24, 2.45) is 10.9 Å². The number of carbonyl (C=O) groups is 1. The molecule has 3 N–H and O–H groups in total. The predicted octanol–water partition coefficient (Wildman–Crippen LogP) is 3.88. The van der Waals surface area contributed by atoms with E-state index in [0.29, 0.717) is 51.5 Å².